The number of nitrogens with zero attached hydrogens (tertiary/aromatic N) is 2. The van der Waals surface area contributed by atoms with Crippen LogP contribution in [0.2, 0.25) is 5.02 Å². The van der Waals surface area contributed by atoms with Crippen molar-refractivity contribution in [2.45, 2.75) is 52.7 Å². The molecule has 3 rings (SSSR count). The summed E-state index contributed by atoms with van der Waals surface area (Å²) in [6, 6.07) is 20.9. The van der Waals surface area contributed by atoms with Gasteiger partial charge in [-0.1, -0.05) is 72.3 Å². The first kappa shape index (κ1) is 30.2. The van der Waals surface area contributed by atoms with Crippen molar-refractivity contribution in [1.29, 1.82) is 0 Å². The van der Waals surface area contributed by atoms with Gasteiger partial charge in [0, 0.05) is 24.0 Å². The second-order valence-corrected chi connectivity index (χ2v) is 12.4. The molecule has 1 atom stereocenters. The largest absolute Gasteiger partial charge is 0.352 e. The van der Waals surface area contributed by atoms with Crippen LogP contribution in [0.1, 0.15) is 36.1 Å². The summed E-state index contributed by atoms with van der Waals surface area (Å²) in [5.74, 6) is -0.815. The highest BCUT2D eigenvalue weighted by molar-refractivity contribution is 7.92. The van der Waals surface area contributed by atoms with Gasteiger partial charge in [-0.3, -0.25) is 13.9 Å². The van der Waals surface area contributed by atoms with Crippen LogP contribution in [0.25, 0.3) is 0 Å². The van der Waals surface area contributed by atoms with E-state index in [9.17, 15) is 18.0 Å². The number of rotatable bonds is 11. The molecule has 0 aromatic heterocycles. The normalized spacial score (nSPS) is 12.2. The molecule has 3 aromatic rings. The van der Waals surface area contributed by atoms with Crippen molar-refractivity contribution in [1.82, 2.24) is 10.2 Å². The zero-order valence-electron chi connectivity index (χ0n) is 23.0. The number of hydrogen-bond acceptors (Lipinski definition) is 4. The smallest absolute Gasteiger partial charge is 0.244 e. The Labute approximate surface area is 236 Å². The quantitative estimate of drug-likeness (QED) is 0.356. The molecule has 7 nitrogen and oxygen atoms in total. The average Bonchev–Trinajstić information content (AvgIpc) is 2.85. The van der Waals surface area contributed by atoms with Gasteiger partial charge < -0.3 is 10.2 Å². The number of anilines is 1. The van der Waals surface area contributed by atoms with Crippen molar-refractivity contribution >= 4 is 39.1 Å². The molecule has 1 N–H and O–H groups in total. The van der Waals surface area contributed by atoms with Crippen LogP contribution in [0.4, 0.5) is 5.69 Å². The summed E-state index contributed by atoms with van der Waals surface area (Å²) in [5.41, 5.74) is 3.52. The molecule has 0 aliphatic heterocycles. The first-order valence-electron chi connectivity index (χ1n) is 12.8. The third-order valence-corrected chi connectivity index (χ3v) is 7.66. The Morgan fingerprint density at radius 1 is 0.897 bits per heavy atom. The molecule has 39 heavy (non-hydrogen) atoms. The molecule has 0 aliphatic carbocycles. The van der Waals surface area contributed by atoms with E-state index in [1.807, 2.05) is 82.3 Å². The van der Waals surface area contributed by atoms with Crippen molar-refractivity contribution < 1.29 is 18.0 Å². The van der Waals surface area contributed by atoms with Gasteiger partial charge >= 0.3 is 0 Å². The first-order chi connectivity index (χ1) is 18.4. The van der Waals surface area contributed by atoms with Crippen molar-refractivity contribution in [3.8, 4) is 0 Å². The van der Waals surface area contributed by atoms with E-state index < -0.39 is 28.5 Å². The van der Waals surface area contributed by atoms with Gasteiger partial charge in [-0.05, 0) is 62.1 Å². The standard InChI is InChI=1S/C30H36ClN3O4S/c1-21(2)32-30(36)27(18-24-13-7-6-8-14-24)33(19-25-15-10-16-26(31)17-25)28(35)20-34(39(5,37)38)29-22(3)11-9-12-23(29)4/h6-17,21,27H,18-20H2,1-5H3,(H,32,36)/t27-/m0/s1. The topological polar surface area (TPSA) is 86.8 Å². The maximum atomic E-state index is 14.1. The van der Waals surface area contributed by atoms with Crippen LogP contribution in [0.3, 0.4) is 0 Å². The minimum Gasteiger partial charge on any atom is -0.352 e. The Hall–Kier alpha value is -3.36. The van der Waals surface area contributed by atoms with Gasteiger partial charge in [0.15, 0.2) is 0 Å². The first-order valence-corrected chi connectivity index (χ1v) is 15.0. The van der Waals surface area contributed by atoms with E-state index >= 15 is 0 Å². The molecular weight excluding hydrogens is 534 g/mol. The van der Waals surface area contributed by atoms with Crippen molar-refractivity contribution in [3.63, 3.8) is 0 Å². The Morgan fingerprint density at radius 3 is 2.05 bits per heavy atom. The lowest BCUT2D eigenvalue weighted by atomic mass is 10.0. The van der Waals surface area contributed by atoms with E-state index in [1.165, 1.54) is 4.90 Å². The summed E-state index contributed by atoms with van der Waals surface area (Å²) in [7, 11) is -3.83. The van der Waals surface area contributed by atoms with Gasteiger partial charge in [-0.2, -0.15) is 0 Å². The number of carbonyl (C=O) groups is 2. The SMILES string of the molecule is Cc1cccc(C)c1N(CC(=O)N(Cc1cccc(Cl)c1)[C@@H](Cc1ccccc1)C(=O)NC(C)C)S(C)(=O)=O. The highest BCUT2D eigenvalue weighted by atomic mass is 35.5. The Bertz CT molecular complexity index is 1390. The van der Waals surface area contributed by atoms with E-state index in [-0.39, 0.29) is 24.9 Å². The number of para-hydroxylation sites is 1. The average molecular weight is 570 g/mol. The summed E-state index contributed by atoms with van der Waals surface area (Å²) >= 11 is 6.24. The van der Waals surface area contributed by atoms with Crippen molar-refractivity contribution in [2.24, 2.45) is 0 Å². The van der Waals surface area contributed by atoms with Crippen LogP contribution >= 0.6 is 11.6 Å². The van der Waals surface area contributed by atoms with Gasteiger partial charge in [-0.25, -0.2) is 8.42 Å². The molecule has 0 bridgehead atoms. The minimum atomic E-state index is -3.83. The fourth-order valence-corrected chi connectivity index (χ4v) is 5.72. The molecule has 0 saturated carbocycles. The van der Waals surface area contributed by atoms with Crippen LogP contribution in [0, 0.1) is 13.8 Å². The molecule has 0 radical (unpaired) electrons. The van der Waals surface area contributed by atoms with Crippen molar-refractivity contribution in [3.05, 3.63) is 100 Å². The summed E-state index contributed by atoms with van der Waals surface area (Å²) in [6.45, 7) is 6.95. The lowest BCUT2D eigenvalue weighted by Crippen LogP contribution is -2.54. The zero-order valence-corrected chi connectivity index (χ0v) is 24.6. The minimum absolute atomic E-state index is 0.0762. The van der Waals surface area contributed by atoms with Crippen LogP contribution in [0.15, 0.2) is 72.8 Å². The summed E-state index contributed by atoms with van der Waals surface area (Å²) < 4.78 is 27.1. The number of nitrogens with one attached hydrogen (secondary N) is 1. The summed E-state index contributed by atoms with van der Waals surface area (Å²) in [4.78, 5) is 29.1. The summed E-state index contributed by atoms with van der Waals surface area (Å²) in [6.07, 6.45) is 1.34. The molecule has 3 aromatic carbocycles. The second kappa shape index (κ2) is 13.1. The lowest BCUT2D eigenvalue weighted by Gasteiger charge is -2.34. The Morgan fingerprint density at radius 2 is 1.49 bits per heavy atom. The maximum absolute atomic E-state index is 14.1. The van der Waals surface area contributed by atoms with Crippen LogP contribution < -0.4 is 9.62 Å². The number of hydrogen-bond donors (Lipinski definition) is 1. The van der Waals surface area contributed by atoms with E-state index in [1.54, 1.807) is 18.2 Å². The second-order valence-electron chi connectivity index (χ2n) is 10.0. The van der Waals surface area contributed by atoms with Gasteiger partial charge in [-0.15, -0.1) is 0 Å². The van der Waals surface area contributed by atoms with Gasteiger partial charge in [0.2, 0.25) is 21.8 Å². The van der Waals surface area contributed by atoms with Gasteiger partial charge in [0.25, 0.3) is 0 Å². The fourth-order valence-electron chi connectivity index (χ4n) is 4.54. The molecule has 0 heterocycles. The van der Waals surface area contributed by atoms with Gasteiger partial charge in [0.05, 0.1) is 11.9 Å². The number of carbonyl (C=O) groups excluding carboxylic acids is 2. The van der Waals surface area contributed by atoms with Crippen molar-refractivity contribution in [2.75, 3.05) is 17.1 Å². The lowest BCUT2D eigenvalue weighted by molar-refractivity contribution is -0.140. The molecule has 9 heteroatoms. The van der Waals surface area contributed by atoms with E-state index in [0.717, 1.165) is 32.8 Å². The molecule has 0 unspecified atom stereocenters. The van der Waals surface area contributed by atoms with Crippen LogP contribution in [0.5, 0.6) is 0 Å². The molecule has 0 aliphatic rings. The Balaban J connectivity index is 2.09. The molecule has 0 spiro atoms. The third-order valence-electron chi connectivity index (χ3n) is 6.31. The predicted molar refractivity (Wildman–Crippen MR) is 157 cm³/mol. The maximum Gasteiger partial charge on any atom is 0.244 e. The number of halogens is 1. The monoisotopic (exact) mass is 569 g/mol. The van der Waals surface area contributed by atoms with Gasteiger partial charge in [0.1, 0.15) is 12.6 Å². The highest BCUT2D eigenvalue weighted by Crippen LogP contribution is 2.27. The molecule has 208 valence electrons. The molecule has 2 amide bonds. The fraction of sp³-hybridized carbons (Fsp3) is 0.333. The van der Waals surface area contributed by atoms with E-state index in [0.29, 0.717) is 10.7 Å². The number of sulfonamides is 1. The number of amides is 2. The number of aryl methyl sites for hydroxylation is 2. The van der Waals surface area contributed by atoms with Crippen LogP contribution in [-0.4, -0.2) is 50.0 Å². The molecule has 0 fully saturated rings. The highest BCUT2D eigenvalue weighted by Gasteiger charge is 2.33. The Kier molecular flexibility index (Phi) is 10.2. The van der Waals surface area contributed by atoms with E-state index in [2.05, 4.69) is 5.32 Å². The summed E-state index contributed by atoms with van der Waals surface area (Å²) in [5, 5.41) is 3.44. The molecular formula is C30H36ClN3O4S. The molecule has 0 saturated heterocycles. The van der Waals surface area contributed by atoms with Crippen LogP contribution in [-0.2, 0) is 32.6 Å². The predicted octanol–water partition coefficient (Wildman–Crippen LogP) is 4.89. The zero-order chi connectivity index (χ0) is 28.7. The third kappa shape index (κ3) is 8.31. The van der Waals surface area contributed by atoms with E-state index in [4.69, 9.17) is 11.6 Å². The number of benzene rings is 3.